The largest absolute Gasteiger partial charge is 0.598 e. The van der Waals surface area contributed by atoms with E-state index in [1.54, 1.807) is 7.11 Å². The van der Waals surface area contributed by atoms with E-state index in [0.717, 1.165) is 11.3 Å². The second-order valence-electron chi connectivity index (χ2n) is 5.32. The zero-order chi connectivity index (χ0) is 14.5. The highest BCUT2D eigenvalue weighted by molar-refractivity contribution is 7.90. The molecule has 4 heteroatoms. The first kappa shape index (κ1) is 16.1. The minimum Gasteiger partial charge on any atom is -0.598 e. The van der Waals surface area contributed by atoms with Crippen LogP contribution < -0.4 is 9.46 Å². The Hall–Kier alpha value is -0.970. The Morgan fingerprint density at radius 2 is 2.05 bits per heavy atom. The van der Waals surface area contributed by atoms with E-state index < -0.39 is 11.4 Å². The van der Waals surface area contributed by atoms with Gasteiger partial charge in [-0.2, -0.15) is 0 Å². The number of methoxy groups -OCH3 is 1. The molecule has 3 nitrogen and oxygen atoms in total. The van der Waals surface area contributed by atoms with Crippen molar-refractivity contribution in [1.82, 2.24) is 4.72 Å². The lowest BCUT2D eigenvalue weighted by Crippen LogP contribution is -2.41. The van der Waals surface area contributed by atoms with E-state index in [1.165, 1.54) is 0 Å². The lowest BCUT2D eigenvalue weighted by molar-refractivity contribution is 0.403. The Labute approximate surface area is 119 Å². The summed E-state index contributed by atoms with van der Waals surface area (Å²) in [6, 6.07) is 7.71. The monoisotopic (exact) mass is 281 g/mol. The first-order chi connectivity index (χ1) is 8.90. The summed E-state index contributed by atoms with van der Waals surface area (Å²) in [4.78, 5) is 0. The van der Waals surface area contributed by atoms with Crippen molar-refractivity contribution in [3.63, 3.8) is 0 Å². The number of ether oxygens (including phenoxy) is 1. The quantitative estimate of drug-likeness (QED) is 0.642. The molecule has 0 saturated heterocycles. The smallest absolute Gasteiger partial charge is 0.136 e. The summed E-state index contributed by atoms with van der Waals surface area (Å²) in [7, 11) is 1.64. The molecule has 0 aromatic heterocycles. The summed E-state index contributed by atoms with van der Waals surface area (Å²) in [6.45, 7) is 9.61. The third-order valence-electron chi connectivity index (χ3n) is 2.72. The maximum Gasteiger partial charge on any atom is 0.136 e. The third kappa shape index (κ3) is 4.56. The van der Waals surface area contributed by atoms with E-state index in [4.69, 9.17) is 4.74 Å². The molecular weight excluding hydrogens is 258 g/mol. The predicted molar refractivity (Wildman–Crippen MR) is 81.6 cm³/mol. The van der Waals surface area contributed by atoms with Gasteiger partial charge in [0.25, 0.3) is 0 Å². The molecule has 2 unspecified atom stereocenters. The van der Waals surface area contributed by atoms with Crippen molar-refractivity contribution in [2.24, 2.45) is 0 Å². The lowest BCUT2D eigenvalue weighted by atomic mass is 10.0. The SMILES string of the molecule is C=CCC(N[S+]([O-])C(C)(C)C)c1ccccc1OC. The molecule has 2 atom stereocenters. The van der Waals surface area contributed by atoms with Gasteiger partial charge in [0.2, 0.25) is 0 Å². The fourth-order valence-electron chi connectivity index (χ4n) is 1.67. The van der Waals surface area contributed by atoms with Crippen molar-refractivity contribution in [3.8, 4) is 5.75 Å². The summed E-state index contributed by atoms with van der Waals surface area (Å²) in [5, 5.41) is 0. The van der Waals surface area contributed by atoms with Crippen molar-refractivity contribution in [3.05, 3.63) is 42.5 Å². The van der Waals surface area contributed by atoms with E-state index in [0.29, 0.717) is 6.42 Å². The molecule has 0 saturated carbocycles. The van der Waals surface area contributed by atoms with Crippen molar-refractivity contribution in [2.75, 3.05) is 7.11 Å². The highest BCUT2D eigenvalue weighted by atomic mass is 32.2. The third-order valence-corrected chi connectivity index (χ3v) is 4.33. The van der Waals surface area contributed by atoms with Gasteiger partial charge in [-0.1, -0.05) is 24.3 Å². The molecule has 0 bridgehead atoms. The van der Waals surface area contributed by atoms with Gasteiger partial charge in [-0.05, 0) is 33.3 Å². The number of hydrogen-bond donors (Lipinski definition) is 1. The van der Waals surface area contributed by atoms with Crippen LogP contribution in [-0.4, -0.2) is 16.4 Å². The first-order valence-corrected chi connectivity index (χ1v) is 7.47. The van der Waals surface area contributed by atoms with Crippen LogP contribution in [0.4, 0.5) is 0 Å². The van der Waals surface area contributed by atoms with Crippen molar-refractivity contribution in [2.45, 2.75) is 38.0 Å². The summed E-state index contributed by atoms with van der Waals surface area (Å²) < 4.78 is 20.5. The minimum absolute atomic E-state index is 0.0614. The van der Waals surface area contributed by atoms with Gasteiger partial charge < -0.3 is 9.29 Å². The molecule has 1 rings (SSSR count). The summed E-state index contributed by atoms with van der Waals surface area (Å²) in [6.07, 6.45) is 2.52. The molecule has 0 fully saturated rings. The molecule has 0 aliphatic rings. The van der Waals surface area contributed by atoms with Gasteiger partial charge in [0.1, 0.15) is 10.5 Å². The fourth-order valence-corrected chi connectivity index (χ4v) is 2.50. The molecule has 106 valence electrons. The Morgan fingerprint density at radius 1 is 1.42 bits per heavy atom. The number of rotatable bonds is 6. The first-order valence-electron chi connectivity index (χ1n) is 6.32. The number of nitrogens with one attached hydrogen (secondary N) is 1. The Bertz CT molecular complexity index is 415. The van der Waals surface area contributed by atoms with Gasteiger partial charge in [-0.25, -0.2) is 0 Å². The number of benzene rings is 1. The molecule has 1 aromatic rings. The van der Waals surface area contributed by atoms with E-state index in [-0.39, 0.29) is 10.8 Å². The van der Waals surface area contributed by atoms with Crippen LogP contribution in [0.2, 0.25) is 0 Å². The normalized spacial score (nSPS) is 14.8. The van der Waals surface area contributed by atoms with Gasteiger partial charge in [0, 0.05) is 16.9 Å². The molecule has 1 N–H and O–H groups in total. The van der Waals surface area contributed by atoms with Gasteiger partial charge >= 0.3 is 0 Å². The molecule has 0 amide bonds. The van der Waals surface area contributed by atoms with Gasteiger partial charge in [-0.15, -0.1) is 11.3 Å². The molecule has 1 aromatic carbocycles. The van der Waals surface area contributed by atoms with Crippen LogP contribution >= 0.6 is 0 Å². The second kappa shape index (κ2) is 6.98. The van der Waals surface area contributed by atoms with E-state index in [1.807, 2.05) is 51.1 Å². The van der Waals surface area contributed by atoms with E-state index in [9.17, 15) is 4.55 Å². The van der Waals surface area contributed by atoms with E-state index >= 15 is 0 Å². The summed E-state index contributed by atoms with van der Waals surface area (Å²) in [5.74, 6) is 0.799. The lowest BCUT2D eigenvalue weighted by Gasteiger charge is -2.28. The molecule has 0 heterocycles. The van der Waals surface area contributed by atoms with Crippen LogP contribution in [0.15, 0.2) is 36.9 Å². The van der Waals surface area contributed by atoms with Crippen LogP contribution in [0.5, 0.6) is 5.75 Å². The van der Waals surface area contributed by atoms with Crippen LogP contribution in [0.3, 0.4) is 0 Å². The van der Waals surface area contributed by atoms with E-state index in [2.05, 4.69) is 11.3 Å². The van der Waals surface area contributed by atoms with Crippen molar-refractivity contribution >= 4 is 11.4 Å². The van der Waals surface area contributed by atoms with Crippen LogP contribution in [-0.2, 0) is 11.4 Å². The topological polar surface area (TPSA) is 44.3 Å². The fraction of sp³-hybridized carbons (Fsp3) is 0.467. The molecule has 0 radical (unpaired) electrons. The molecular formula is C15H23NO2S. The summed E-state index contributed by atoms with van der Waals surface area (Å²) >= 11 is -1.13. The standard InChI is InChI=1S/C15H23NO2S/c1-6-9-13(16-19(17)15(2,3)4)12-10-7-8-11-14(12)18-5/h6-8,10-11,13,16H,1,9H2,2-5H3. The van der Waals surface area contributed by atoms with Crippen molar-refractivity contribution < 1.29 is 9.29 Å². The van der Waals surface area contributed by atoms with Gasteiger partial charge in [0.05, 0.1) is 13.2 Å². The van der Waals surface area contributed by atoms with Crippen LogP contribution in [0, 0.1) is 0 Å². The average Bonchev–Trinajstić information content (AvgIpc) is 2.37. The Balaban J connectivity index is 2.97. The molecule has 0 aliphatic heterocycles. The Kier molecular flexibility index (Phi) is 5.91. The molecule has 19 heavy (non-hydrogen) atoms. The maximum atomic E-state index is 12.2. The number of para-hydroxylation sites is 1. The zero-order valence-electron chi connectivity index (χ0n) is 12.1. The second-order valence-corrected chi connectivity index (χ2v) is 7.32. The predicted octanol–water partition coefficient (Wildman–Crippen LogP) is 3.36. The van der Waals surface area contributed by atoms with Gasteiger partial charge in [-0.3, -0.25) is 0 Å². The molecule has 0 spiro atoms. The highest BCUT2D eigenvalue weighted by Gasteiger charge is 2.30. The van der Waals surface area contributed by atoms with Crippen molar-refractivity contribution in [1.29, 1.82) is 0 Å². The average molecular weight is 281 g/mol. The highest BCUT2D eigenvalue weighted by Crippen LogP contribution is 2.29. The van der Waals surface area contributed by atoms with Crippen LogP contribution in [0.25, 0.3) is 0 Å². The maximum absolute atomic E-state index is 12.2. The molecule has 0 aliphatic carbocycles. The zero-order valence-corrected chi connectivity index (χ0v) is 12.9. The Morgan fingerprint density at radius 3 is 2.58 bits per heavy atom. The van der Waals surface area contributed by atoms with Crippen LogP contribution in [0.1, 0.15) is 38.8 Å². The van der Waals surface area contributed by atoms with Gasteiger partial charge in [0.15, 0.2) is 0 Å². The number of hydrogen-bond acceptors (Lipinski definition) is 3. The minimum atomic E-state index is -1.13. The summed E-state index contributed by atoms with van der Waals surface area (Å²) in [5.41, 5.74) is 1.00.